The van der Waals surface area contributed by atoms with Gasteiger partial charge in [0.05, 0.1) is 5.75 Å². The Labute approximate surface area is 103 Å². The van der Waals surface area contributed by atoms with E-state index in [4.69, 9.17) is 0 Å². The first-order valence-corrected chi connectivity index (χ1v) is 6.73. The number of aromatic nitrogens is 1. The van der Waals surface area contributed by atoms with Gasteiger partial charge in [0, 0.05) is 10.3 Å². The maximum Gasteiger partial charge on any atom is 0.169 e. The summed E-state index contributed by atoms with van der Waals surface area (Å²) in [7, 11) is 0. The maximum atomic E-state index is 10.5. The third-order valence-electron chi connectivity index (χ3n) is 2.04. The van der Waals surface area contributed by atoms with E-state index in [-0.39, 0.29) is 0 Å². The predicted molar refractivity (Wildman–Crippen MR) is 68.2 cm³/mol. The van der Waals surface area contributed by atoms with Crippen LogP contribution in [0.2, 0.25) is 0 Å². The Morgan fingerprint density at radius 2 is 2.38 bits per heavy atom. The first-order valence-electron chi connectivity index (χ1n) is 4.87. The van der Waals surface area contributed by atoms with Crippen LogP contribution in [0.3, 0.4) is 0 Å². The van der Waals surface area contributed by atoms with Crippen molar-refractivity contribution in [3.63, 3.8) is 0 Å². The van der Waals surface area contributed by atoms with Crippen molar-refractivity contribution in [2.75, 3.05) is 0 Å². The van der Waals surface area contributed by atoms with Crippen LogP contribution in [-0.2, 0) is 5.75 Å². The molecule has 1 aromatic carbocycles. The van der Waals surface area contributed by atoms with Crippen molar-refractivity contribution >= 4 is 29.4 Å². The van der Waals surface area contributed by atoms with Crippen LogP contribution in [-0.4, -0.2) is 11.3 Å². The van der Waals surface area contributed by atoms with Crippen LogP contribution in [0.5, 0.6) is 0 Å². The zero-order valence-corrected chi connectivity index (χ0v) is 10.5. The summed E-state index contributed by atoms with van der Waals surface area (Å²) in [5, 5.41) is 2.78. The van der Waals surface area contributed by atoms with Crippen LogP contribution in [0.15, 0.2) is 34.5 Å². The summed E-state index contributed by atoms with van der Waals surface area (Å²) in [4.78, 5) is 15.9. The smallest absolute Gasteiger partial charge is 0.169 e. The summed E-state index contributed by atoms with van der Waals surface area (Å²) in [5.41, 5.74) is 1.79. The van der Waals surface area contributed by atoms with Crippen molar-refractivity contribution in [2.24, 2.45) is 0 Å². The largest absolute Gasteiger partial charge is 0.296 e. The van der Waals surface area contributed by atoms with Crippen LogP contribution in [0.4, 0.5) is 0 Å². The summed E-state index contributed by atoms with van der Waals surface area (Å²) in [6, 6.07) is 8.37. The van der Waals surface area contributed by atoms with Gasteiger partial charge in [0.25, 0.3) is 0 Å². The third-order valence-corrected chi connectivity index (χ3v) is 4.10. The summed E-state index contributed by atoms with van der Waals surface area (Å²) >= 11 is 3.28. The van der Waals surface area contributed by atoms with Crippen molar-refractivity contribution in [3.05, 3.63) is 45.9 Å². The number of hydrogen-bond donors (Lipinski definition) is 0. The maximum absolute atomic E-state index is 10.5. The second kappa shape index (κ2) is 5.27. The fourth-order valence-corrected chi connectivity index (χ4v) is 3.07. The molecule has 0 unspecified atom stereocenters. The topological polar surface area (TPSA) is 30.0 Å². The Kier molecular flexibility index (Phi) is 3.74. The molecular formula is C12H11NOS2. The Hall–Kier alpha value is -1.13. The molecule has 0 aliphatic rings. The van der Waals surface area contributed by atoms with Gasteiger partial charge in [-0.15, -0.1) is 23.1 Å². The number of thioether (sulfide) groups is 1. The van der Waals surface area contributed by atoms with Gasteiger partial charge in [-0.1, -0.05) is 17.7 Å². The van der Waals surface area contributed by atoms with Gasteiger partial charge < -0.3 is 0 Å². The van der Waals surface area contributed by atoms with Crippen LogP contribution in [0, 0.1) is 6.92 Å². The average molecular weight is 249 g/mol. The Morgan fingerprint density at radius 1 is 1.50 bits per heavy atom. The molecule has 0 saturated heterocycles. The van der Waals surface area contributed by atoms with E-state index in [1.165, 1.54) is 21.8 Å². The number of carbonyl (C=O) groups excluding carboxylic acids is 1. The molecule has 0 fully saturated rings. The quantitative estimate of drug-likeness (QED) is 0.613. The number of benzene rings is 1. The zero-order chi connectivity index (χ0) is 11.4. The Bertz CT molecular complexity index is 493. The van der Waals surface area contributed by atoms with Crippen LogP contribution in [0.1, 0.15) is 21.1 Å². The molecule has 82 valence electrons. The number of hydrogen-bond acceptors (Lipinski definition) is 4. The lowest BCUT2D eigenvalue weighted by Gasteiger charge is -1.99. The summed E-state index contributed by atoms with van der Waals surface area (Å²) < 4.78 is 0. The second-order valence-corrected chi connectivity index (χ2v) is 5.38. The average Bonchev–Trinajstić information content (AvgIpc) is 2.74. The molecule has 0 amide bonds. The molecule has 2 rings (SSSR count). The highest BCUT2D eigenvalue weighted by molar-refractivity contribution is 7.98. The lowest BCUT2D eigenvalue weighted by Crippen LogP contribution is -1.82. The SMILES string of the molecule is Cc1cccc(SCc2nc(C=O)cs2)c1. The monoisotopic (exact) mass is 249 g/mol. The second-order valence-electron chi connectivity index (χ2n) is 3.39. The first-order chi connectivity index (χ1) is 7.78. The van der Waals surface area contributed by atoms with Gasteiger partial charge in [0.2, 0.25) is 0 Å². The van der Waals surface area contributed by atoms with Crippen LogP contribution >= 0.6 is 23.1 Å². The molecule has 0 radical (unpaired) electrons. The summed E-state index contributed by atoms with van der Waals surface area (Å²) in [6.07, 6.45) is 0.789. The van der Waals surface area contributed by atoms with E-state index in [0.29, 0.717) is 5.69 Å². The summed E-state index contributed by atoms with van der Waals surface area (Å²) in [6.45, 7) is 2.08. The number of nitrogens with zero attached hydrogens (tertiary/aromatic N) is 1. The van der Waals surface area contributed by atoms with Gasteiger partial charge in [-0.2, -0.15) is 0 Å². The highest BCUT2D eigenvalue weighted by Crippen LogP contribution is 2.24. The minimum absolute atomic E-state index is 0.532. The molecule has 2 aromatic rings. The van der Waals surface area contributed by atoms with Gasteiger partial charge in [0.15, 0.2) is 6.29 Å². The van der Waals surface area contributed by atoms with E-state index >= 15 is 0 Å². The van der Waals surface area contributed by atoms with Crippen molar-refractivity contribution in [1.29, 1.82) is 0 Å². The third kappa shape index (κ3) is 2.93. The zero-order valence-electron chi connectivity index (χ0n) is 8.84. The number of aldehydes is 1. The van der Waals surface area contributed by atoms with Crippen LogP contribution < -0.4 is 0 Å². The molecule has 1 aromatic heterocycles. The molecule has 1 heterocycles. The molecule has 0 aliphatic heterocycles. The van der Waals surface area contributed by atoms with E-state index < -0.39 is 0 Å². The van der Waals surface area contributed by atoms with Gasteiger partial charge in [-0.25, -0.2) is 4.98 Å². The summed E-state index contributed by atoms with van der Waals surface area (Å²) in [5.74, 6) is 0.821. The van der Waals surface area contributed by atoms with E-state index in [1.54, 1.807) is 17.1 Å². The fourth-order valence-electron chi connectivity index (χ4n) is 1.30. The van der Waals surface area contributed by atoms with E-state index in [9.17, 15) is 4.79 Å². The molecule has 16 heavy (non-hydrogen) atoms. The number of thiazole rings is 1. The molecule has 0 spiro atoms. The van der Waals surface area contributed by atoms with Crippen molar-refractivity contribution < 1.29 is 4.79 Å². The van der Waals surface area contributed by atoms with Crippen molar-refractivity contribution in [2.45, 2.75) is 17.6 Å². The molecule has 4 heteroatoms. The fraction of sp³-hybridized carbons (Fsp3) is 0.167. The lowest BCUT2D eigenvalue weighted by molar-refractivity contribution is 0.111. The highest BCUT2D eigenvalue weighted by Gasteiger charge is 2.02. The number of rotatable bonds is 4. The minimum Gasteiger partial charge on any atom is -0.296 e. The van der Waals surface area contributed by atoms with E-state index in [2.05, 4.69) is 36.2 Å². The lowest BCUT2D eigenvalue weighted by atomic mass is 10.2. The van der Waals surface area contributed by atoms with Crippen molar-refractivity contribution in [3.8, 4) is 0 Å². The Morgan fingerprint density at radius 3 is 3.06 bits per heavy atom. The van der Waals surface area contributed by atoms with Gasteiger partial charge in [-0.05, 0) is 19.1 Å². The highest BCUT2D eigenvalue weighted by atomic mass is 32.2. The normalized spacial score (nSPS) is 10.3. The molecule has 0 atom stereocenters. The number of aryl methyl sites for hydroxylation is 1. The van der Waals surface area contributed by atoms with E-state index in [0.717, 1.165) is 17.0 Å². The molecular weight excluding hydrogens is 238 g/mol. The van der Waals surface area contributed by atoms with Gasteiger partial charge in [-0.3, -0.25) is 4.79 Å². The first kappa shape index (κ1) is 11.4. The van der Waals surface area contributed by atoms with Gasteiger partial charge in [0.1, 0.15) is 10.7 Å². The number of carbonyl (C=O) groups is 1. The molecule has 0 N–H and O–H groups in total. The van der Waals surface area contributed by atoms with E-state index in [1.807, 2.05) is 0 Å². The predicted octanol–water partition coefficient (Wildman–Crippen LogP) is 3.56. The van der Waals surface area contributed by atoms with Crippen molar-refractivity contribution in [1.82, 2.24) is 4.98 Å². The molecule has 2 nitrogen and oxygen atoms in total. The molecule has 0 saturated carbocycles. The van der Waals surface area contributed by atoms with Crippen LogP contribution in [0.25, 0.3) is 0 Å². The molecule has 0 aliphatic carbocycles. The van der Waals surface area contributed by atoms with Gasteiger partial charge >= 0.3 is 0 Å². The molecule has 0 bridgehead atoms. The minimum atomic E-state index is 0.532. The Balaban J connectivity index is 1.99. The standard InChI is InChI=1S/C12H11NOS2/c1-9-3-2-4-11(5-9)15-8-12-13-10(6-14)7-16-12/h2-7H,8H2,1H3.